The average Bonchev–Trinajstić information content (AvgIpc) is 3.26. The number of unbranched alkanes of at least 4 members (excludes halogenated alkanes) is 9. The molecule has 3 N–H and O–H groups in total. The van der Waals surface area contributed by atoms with Gasteiger partial charge in [0.15, 0.2) is 6.10 Å². The van der Waals surface area contributed by atoms with Gasteiger partial charge in [0.05, 0.1) is 18.8 Å². The van der Waals surface area contributed by atoms with Crippen molar-refractivity contribution >= 4 is 17.7 Å². The van der Waals surface area contributed by atoms with Gasteiger partial charge in [-0.2, -0.15) is 0 Å². The van der Waals surface area contributed by atoms with Crippen molar-refractivity contribution in [2.45, 2.75) is 155 Å². The van der Waals surface area contributed by atoms with Crippen molar-refractivity contribution in [3.05, 3.63) is 24.3 Å². The number of esters is 2. The largest absolute Gasteiger partial charge is 0.462 e. The smallest absolute Gasteiger partial charge is 0.306 e. The minimum Gasteiger partial charge on any atom is -0.462 e. The van der Waals surface area contributed by atoms with Gasteiger partial charge in [0.25, 0.3) is 0 Å². The van der Waals surface area contributed by atoms with Crippen molar-refractivity contribution in [3.63, 3.8) is 0 Å². The van der Waals surface area contributed by atoms with Crippen LogP contribution < -0.4 is 0 Å². The Labute approximate surface area is 266 Å². The normalized spacial score (nSPS) is 20.2. The Morgan fingerprint density at radius 3 is 2.25 bits per heavy atom. The maximum Gasteiger partial charge on any atom is 0.306 e. The van der Waals surface area contributed by atoms with Crippen LogP contribution in [0.5, 0.6) is 0 Å². The summed E-state index contributed by atoms with van der Waals surface area (Å²) in [7, 11) is 0. The zero-order valence-corrected chi connectivity index (χ0v) is 27.8. The maximum atomic E-state index is 12.4. The average molecular weight is 623 g/mol. The molecule has 0 bridgehead atoms. The molecule has 8 nitrogen and oxygen atoms in total. The van der Waals surface area contributed by atoms with E-state index in [0.717, 1.165) is 44.4 Å². The van der Waals surface area contributed by atoms with Gasteiger partial charge in [0.2, 0.25) is 0 Å². The van der Waals surface area contributed by atoms with Gasteiger partial charge in [0, 0.05) is 31.1 Å². The first-order valence-corrected chi connectivity index (χ1v) is 17.4. The van der Waals surface area contributed by atoms with Gasteiger partial charge in [-0.15, -0.1) is 0 Å². The van der Waals surface area contributed by atoms with E-state index in [2.05, 4.69) is 20.8 Å². The Morgan fingerprint density at radius 2 is 1.57 bits per heavy atom. The predicted molar refractivity (Wildman–Crippen MR) is 174 cm³/mol. The van der Waals surface area contributed by atoms with E-state index in [1.807, 2.05) is 12.2 Å². The van der Waals surface area contributed by atoms with Crippen LogP contribution in [-0.2, 0) is 23.9 Å². The van der Waals surface area contributed by atoms with E-state index in [9.17, 15) is 29.7 Å². The van der Waals surface area contributed by atoms with Crippen LogP contribution in [0.25, 0.3) is 0 Å². The highest BCUT2D eigenvalue weighted by atomic mass is 16.6. The summed E-state index contributed by atoms with van der Waals surface area (Å²) in [5, 5.41) is 30.0. The van der Waals surface area contributed by atoms with Crippen molar-refractivity contribution in [1.29, 1.82) is 0 Å². The van der Waals surface area contributed by atoms with Crippen molar-refractivity contribution in [2.75, 3.05) is 13.2 Å². The fraction of sp³-hybridized carbons (Fsp3) is 0.806. The molecule has 0 radical (unpaired) electrons. The SMILES string of the molecule is CCCCC[C@H](O)/C=C/[C@H]1[C@H](O)CC(=O)[C@@H]1C/C=C\CCCC(=O)O[C@@H](CO)COC(=O)CCCCCCCCCC(C)C. The molecule has 0 unspecified atom stereocenters. The number of ketones is 1. The van der Waals surface area contributed by atoms with Gasteiger partial charge in [-0.1, -0.05) is 109 Å². The zero-order chi connectivity index (χ0) is 32.6. The summed E-state index contributed by atoms with van der Waals surface area (Å²) in [5.41, 5.74) is 0. The van der Waals surface area contributed by atoms with Gasteiger partial charge in [-0.3, -0.25) is 14.4 Å². The molecule has 0 heterocycles. The van der Waals surface area contributed by atoms with Crippen LogP contribution >= 0.6 is 0 Å². The highest BCUT2D eigenvalue weighted by Gasteiger charge is 2.39. The number of carbonyl (C=O) groups excluding carboxylic acids is 3. The molecule has 8 heteroatoms. The van der Waals surface area contributed by atoms with E-state index in [-0.39, 0.29) is 43.0 Å². The summed E-state index contributed by atoms with van der Waals surface area (Å²) in [6.45, 7) is 6.05. The first kappa shape index (κ1) is 40.0. The molecule has 44 heavy (non-hydrogen) atoms. The van der Waals surface area contributed by atoms with E-state index in [1.165, 1.54) is 32.1 Å². The molecule has 1 aliphatic carbocycles. The molecule has 1 rings (SSSR count). The van der Waals surface area contributed by atoms with Crippen LogP contribution in [0.15, 0.2) is 24.3 Å². The van der Waals surface area contributed by atoms with Crippen LogP contribution in [0.4, 0.5) is 0 Å². The maximum absolute atomic E-state index is 12.4. The van der Waals surface area contributed by atoms with Crippen molar-refractivity contribution in [3.8, 4) is 0 Å². The van der Waals surface area contributed by atoms with Gasteiger partial charge >= 0.3 is 11.9 Å². The molecule has 0 saturated heterocycles. The molecule has 5 atom stereocenters. The fourth-order valence-electron chi connectivity index (χ4n) is 5.54. The number of Topliss-reactive ketones (excluding diaryl/α,β-unsaturated/α-hetero) is 1. The number of allylic oxidation sites excluding steroid dienone is 2. The lowest BCUT2D eigenvalue weighted by atomic mass is 9.90. The molecule has 0 aliphatic heterocycles. The van der Waals surface area contributed by atoms with Crippen molar-refractivity contribution < 1.29 is 39.2 Å². The Bertz CT molecular complexity index is 836. The third-order valence-corrected chi connectivity index (χ3v) is 8.29. The molecule has 1 saturated carbocycles. The van der Waals surface area contributed by atoms with Crippen LogP contribution in [0, 0.1) is 17.8 Å². The lowest BCUT2D eigenvalue weighted by Crippen LogP contribution is -2.28. The zero-order valence-electron chi connectivity index (χ0n) is 27.8. The van der Waals surface area contributed by atoms with E-state index in [0.29, 0.717) is 32.1 Å². The number of ether oxygens (including phenoxy) is 2. The van der Waals surface area contributed by atoms with Gasteiger partial charge in [-0.05, 0) is 38.0 Å². The second kappa shape index (κ2) is 25.2. The second-order valence-electron chi connectivity index (χ2n) is 12.9. The third kappa shape index (κ3) is 19.4. The van der Waals surface area contributed by atoms with E-state index >= 15 is 0 Å². The van der Waals surface area contributed by atoms with Crippen molar-refractivity contribution in [2.24, 2.45) is 17.8 Å². The van der Waals surface area contributed by atoms with Crippen LogP contribution in [0.2, 0.25) is 0 Å². The number of hydrogen-bond acceptors (Lipinski definition) is 8. The molecular formula is C36H62O8. The molecular weight excluding hydrogens is 560 g/mol. The summed E-state index contributed by atoms with van der Waals surface area (Å²) < 4.78 is 10.5. The molecule has 0 aromatic carbocycles. The predicted octanol–water partition coefficient (Wildman–Crippen LogP) is 6.78. The molecule has 1 aliphatic rings. The lowest BCUT2D eigenvalue weighted by Gasteiger charge is -2.16. The summed E-state index contributed by atoms with van der Waals surface area (Å²) in [6, 6.07) is 0. The number of rotatable bonds is 26. The molecule has 0 spiro atoms. The minimum atomic E-state index is -0.872. The monoisotopic (exact) mass is 622 g/mol. The van der Waals surface area contributed by atoms with Gasteiger partial charge in [0.1, 0.15) is 12.4 Å². The minimum absolute atomic E-state index is 0.0273. The fourth-order valence-corrected chi connectivity index (χ4v) is 5.54. The lowest BCUT2D eigenvalue weighted by molar-refractivity contribution is -0.161. The summed E-state index contributed by atoms with van der Waals surface area (Å²) >= 11 is 0. The molecule has 0 aromatic rings. The topological polar surface area (TPSA) is 130 Å². The molecule has 1 fully saturated rings. The first-order chi connectivity index (χ1) is 21.2. The summed E-state index contributed by atoms with van der Waals surface area (Å²) in [4.78, 5) is 36.6. The van der Waals surface area contributed by atoms with Crippen LogP contribution in [-0.4, -0.2) is 64.6 Å². The van der Waals surface area contributed by atoms with Crippen LogP contribution in [0.1, 0.15) is 136 Å². The van der Waals surface area contributed by atoms with E-state index in [1.54, 1.807) is 12.2 Å². The number of carbonyl (C=O) groups is 3. The summed E-state index contributed by atoms with van der Waals surface area (Å²) in [6.07, 6.45) is 20.4. The van der Waals surface area contributed by atoms with Crippen molar-refractivity contribution in [1.82, 2.24) is 0 Å². The van der Waals surface area contributed by atoms with Crippen LogP contribution in [0.3, 0.4) is 0 Å². The Balaban J connectivity index is 2.21. The highest BCUT2D eigenvalue weighted by molar-refractivity contribution is 5.84. The standard InChI is InChI=1S/C36H62O8/c1-4-5-13-19-29(38)23-24-32-31(33(39)25-34(32)40)20-15-11-12-17-22-36(42)44-30(26-37)27-43-35(41)21-16-10-8-6-7-9-14-18-28(2)3/h11,15,23-24,28-32,34,37-38,40H,4-10,12-14,16-22,25-27H2,1-3H3/b15-11-,24-23+/t29-,30-,31+,32+,34+/m0/s1. The van der Waals surface area contributed by atoms with E-state index in [4.69, 9.17) is 9.47 Å². The number of aliphatic hydroxyl groups excluding tert-OH is 3. The number of aliphatic hydroxyl groups is 3. The van der Waals surface area contributed by atoms with Gasteiger partial charge in [-0.25, -0.2) is 0 Å². The Morgan fingerprint density at radius 1 is 0.909 bits per heavy atom. The number of hydrogen-bond donors (Lipinski definition) is 3. The third-order valence-electron chi connectivity index (χ3n) is 8.29. The quantitative estimate of drug-likeness (QED) is 0.0547. The highest BCUT2D eigenvalue weighted by Crippen LogP contribution is 2.33. The van der Waals surface area contributed by atoms with Gasteiger partial charge < -0.3 is 24.8 Å². The summed E-state index contributed by atoms with van der Waals surface area (Å²) in [5.74, 6) is -0.621. The second-order valence-corrected chi connectivity index (χ2v) is 12.9. The Hall–Kier alpha value is -2.03. The molecule has 0 amide bonds. The Kier molecular flexibility index (Phi) is 22.9. The first-order valence-electron chi connectivity index (χ1n) is 17.4. The molecule has 254 valence electrons. The van der Waals surface area contributed by atoms with E-state index < -0.39 is 30.9 Å². The molecule has 0 aromatic heterocycles.